The van der Waals surface area contributed by atoms with Gasteiger partial charge in [0.1, 0.15) is 18.6 Å². The van der Waals surface area contributed by atoms with Gasteiger partial charge >= 0.3 is 0 Å². The van der Waals surface area contributed by atoms with Gasteiger partial charge in [0.15, 0.2) is 17.6 Å². The molecule has 7 heteroatoms. The van der Waals surface area contributed by atoms with Gasteiger partial charge in [-0.2, -0.15) is 0 Å². The highest BCUT2D eigenvalue weighted by molar-refractivity contribution is 5.44. The molecule has 0 bridgehead atoms. The summed E-state index contributed by atoms with van der Waals surface area (Å²) in [6.45, 7) is 3.93. The monoisotopic (exact) mass is 329 g/mol. The number of nitro groups is 1. The number of hydrogen-bond acceptors (Lipinski definition) is 6. The summed E-state index contributed by atoms with van der Waals surface area (Å²) in [5.74, 6) is 2.19. The highest BCUT2D eigenvalue weighted by Crippen LogP contribution is 2.31. The molecule has 0 radical (unpaired) electrons. The minimum Gasteiger partial charge on any atom is -0.486 e. The SMILES string of the molecule is CCCN(CC1COc2ccccc2O1)c1ccc([N+](=O)[O-])cn1. The van der Waals surface area contributed by atoms with Gasteiger partial charge in [-0.15, -0.1) is 0 Å². The topological polar surface area (TPSA) is 77.7 Å². The van der Waals surface area contributed by atoms with Crippen LogP contribution in [0.3, 0.4) is 0 Å². The average Bonchev–Trinajstić information content (AvgIpc) is 2.61. The number of rotatable bonds is 6. The Morgan fingerprint density at radius 3 is 2.75 bits per heavy atom. The van der Waals surface area contributed by atoms with E-state index >= 15 is 0 Å². The second-order valence-electron chi connectivity index (χ2n) is 5.58. The lowest BCUT2D eigenvalue weighted by atomic mass is 10.2. The third-order valence-corrected chi connectivity index (χ3v) is 3.75. The second kappa shape index (κ2) is 7.16. The van der Waals surface area contributed by atoms with E-state index in [0.29, 0.717) is 19.0 Å². The van der Waals surface area contributed by atoms with Crippen molar-refractivity contribution in [2.45, 2.75) is 19.4 Å². The molecule has 3 rings (SSSR count). The van der Waals surface area contributed by atoms with Gasteiger partial charge in [-0.3, -0.25) is 10.1 Å². The third-order valence-electron chi connectivity index (χ3n) is 3.75. The fraction of sp³-hybridized carbons (Fsp3) is 0.353. The zero-order chi connectivity index (χ0) is 16.9. The molecule has 126 valence electrons. The van der Waals surface area contributed by atoms with Crippen LogP contribution in [0.15, 0.2) is 42.6 Å². The van der Waals surface area contributed by atoms with E-state index in [1.54, 1.807) is 6.07 Å². The van der Waals surface area contributed by atoms with Crippen LogP contribution in [0, 0.1) is 10.1 Å². The van der Waals surface area contributed by atoms with Crippen molar-refractivity contribution in [1.29, 1.82) is 0 Å². The molecule has 0 N–H and O–H groups in total. The molecule has 1 aromatic heterocycles. The van der Waals surface area contributed by atoms with E-state index in [1.807, 2.05) is 24.3 Å². The van der Waals surface area contributed by atoms with E-state index in [4.69, 9.17) is 9.47 Å². The van der Waals surface area contributed by atoms with Crippen LogP contribution in [0.4, 0.5) is 11.5 Å². The van der Waals surface area contributed by atoms with Gasteiger partial charge in [0, 0.05) is 12.6 Å². The Balaban J connectivity index is 1.71. The van der Waals surface area contributed by atoms with Gasteiger partial charge in [-0.25, -0.2) is 4.98 Å². The largest absolute Gasteiger partial charge is 0.486 e. The van der Waals surface area contributed by atoms with Crippen LogP contribution in [0.25, 0.3) is 0 Å². The summed E-state index contributed by atoms with van der Waals surface area (Å²) in [5.41, 5.74) is -0.0126. The Labute approximate surface area is 140 Å². The highest BCUT2D eigenvalue weighted by atomic mass is 16.6. The van der Waals surface area contributed by atoms with Gasteiger partial charge in [0.2, 0.25) is 0 Å². The molecule has 0 spiro atoms. The van der Waals surface area contributed by atoms with Crippen molar-refractivity contribution in [1.82, 2.24) is 4.98 Å². The minimum atomic E-state index is -0.448. The Hall–Kier alpha value is -2.83. The van der Waals surface area contributed by atoms with Crippen molar-refractivity contribution in [3.63, 3.8) is 0 Å². The first-order chi connectivity index (χ1) is 11.7. The lowest BCUT2D eigenvalue weighted by Crippen LogP contribution is -2.41. The molecule has 1 atom stereocenters. The standard InChI is InChI=1S/C17H19N3O4/c1-2-9-19(17-8-7-13(10-18-17)20(21)22)11-14-12-23-15-5-3-4-6-16(15)24-14/h3-8,10,14H,2,9,11-12H2,1H3. The Bertz CT molecular complexity index is 705. The summed E-state index contributed by atoms with van der Waals surface area (Å²) in [6.07, 6.45) is 2.09. The molecule has 2 heterocycles. The number of ether oxygens (including phenoxy) is 2. The van der Waals surface area contributed by atoms with Crippen molar-refractivity contribution in [2.75, 3.05) is 24.6 Å². The molecule has 1 aliphatic heterocycles. The van der Waals surface area contributed by atoms with E-state index in [0.717, 1.165) is 24.5 Å². The number of aromatic nitrogens is 1. The molecule has 1 aromatic carbocycles. The van der Waals surface area contributed by atoms with E-state index in [2.05, 4.69) is 16.8 Å². The van der Waals surface area contributed by atoms with Gasteiger partial charge in [0.05, 0.1) is 11.5 Å². The lowest BCUT2D eigenvalue weighted by molar-refractivity contribution is -0.385. The van der Waals surface area contributed by atoms with Gasteiger partial charge in [-0.05, 0) is 24.6 Å². The fourth-order valence-corrected chi connectivity index (χ4v) is 2.64. The third kappa shape index (κ3) is 3.56. The van der Waals surface area contributed by atoms with Gasteiger partial charge < -0.3 is 14.4 Å². The summed E-state index contributed by atoms with van der Waals surface area (Å²) in [7, 11) is 0. The quantitative estimate of drug-likeness (QED) is 0.599. The molecule has 2 aromatic rings. The first-order valence-electron chi connectivity index (χ1n) is 7.91. The molecular weight excluding hydrogens is 310 g/mol. The van der Waals surface area contributed by atoms with Gasteiger partial charge in [0.25, 0.3) is 5.69 Å². The van der Waals surface area contributed by atoms with Crippen molar-refractivity contribution >= 4 is 11.5 Å². The molecule has 24 heavy (non-hydrogen) atoms. The van der Waals surface area contributed by atoms with E-state index in [1.165, 1.54) is 12.3 Å². The summed E-state index contributed by atoms with van der Waals surface area (Å²) in [4.78, 5) is 16.6. The van der Waals surface area contributed by atoms with Crippen molar-refractivity contribution < 1.29 is 14.4 Å². The summed E-state index contributed by atoms with van der Waals surface area (Å²) < 4.78 is 11.7. The minimum absolute atomic E-state index is 0.0126. The first kappa shape index (κ1) is 16.0. The lowest BCUT2D eigenvalue weighted by Gasteiger charge is -2.31. The number of pyridine rings is 1. The summed E-state index contributed by atoms with van der Waals surface area (Å²) >= 11 is 0. The average molecular weight is 329 g/mol. The number of fused-ring (bicyclic) bond motifs is 1. The summed E-state index contributed by atoms with van der Waals surface area (Å²) in [6, 6.07) is 10.7. The Morgan fingerprint density at radius 1 is 1.29 bits per heavy atom. The first-order valence-corrected chi connectivity index (χ1v) is 7.91. The second-order valence-corrected chi connectivity index (χ2v) is 5.58. The zero-order valence-electron chi connectivity index (χ0n) is 13.4. The molecule has 0 saturated heterocycles. The molecule has 1 aliphatic rings. The number of nitrogens with zero attached hydrogens (tertiary/aromatic N) is 3. The molecule has 0 saturated carbocycles. The maximum atomic E-state index is 10.8. The Kier molecular flexibility index (Phi) is 4.79. The van der Waals surface area contributed by atoms with E-state index in [-0.39, 0.29) is 11.8 Å². The maximum Gasteiger partial charge on any atom is 0.287 e. The predicted octanol–water partition coefficient (Wildman–Crippen LogP) is 3.05. The molecule has 0 fully saturated rings. The van der Waals surface area contributed by atoms with E-state index in [9.17, 15) is 10.1 Å². The molecule has 1 unspecified atom stereocenters. The molecule has 0 aliphatic carbocycles. The van der Waals surface area contributed by atoms with Crippen LogP contribution in [0.5, 0.6) is 11.5 Å². The van der Waals surface area contributed by atoms with Crippen LogP contribution in [-0.2, 0) is 0 Å². The van der Waals surface area contributed by atoms with Crippen molar-refractivity contribution in [3.05, 3.63) is 52.7 Å². The number of benzene rings is 1. The summed E-state index contributed by atoms with van der Waals surface area (Å²) in [5, 5.41) is 10.8. The molecular formula is C17H19N3O4. The Morgan fingerprint density at radius 2 is 2.08 bits per heavy atom. The van der Waals surface area contributed by atoms with E-state index < -0.39 is 4.92 Å². The maximum absolute atomic E-state index is 10.8. The van der Waals surface area contributed by atoms with Crippen LogP contribution in [-0.4, -0.2) is 35.7 Å². The fourth-order valence-electron chi connectivity index (χ4n) is 2.64. The van der Waals surface area contributed by atoms with Crippen LogP contribution in [0.1, 0.15) is 13.3 Å². The van der Waals surface area contributed by atoms with Crippen LogP contribution < -0.4 is 14.4 Å². The number of para-hydroxylation sites is 2. The van der Waals surface area contributed by atoms with Crippen LogP contribution in [0.2, 0.25) is 0 Å². The number of anilines is 1. The van der Waals surface area contributed by atoms with Crippen molar-refractivity contribution in [3.8, 4) is 11.5 Å². The number of hydrogen-bond donors (Lipinski definition) is 0. The zero-order valence-corrected chi connectivity index (χ0v) is 13.4. The smallest absolute Gasteiger partial charge is 0.287 e. The van der Waals surface area contributed by atoms with Crippen LogP contribution >= 0.6 is 0 Å². The van der Waals surface area contributed by atoms with Crippen molar-refractivity contribution in [2.24, 2.45) is 0 Å². The normalized spacial score (nSPS) is 15.8. The highest BCUT2D eigenvalue weighted by Gasteiger charge is 2.23. The molecule has 7 nitrogen and oxygen atoms in total. The molecule has 0 amide bonds. The van der Waals surface area contributed by atoms with Gasteiger partial charge in [-0.1, -0.05) is 19.1 Å². The predicted molar refractivity (Wildman–Crippen MR) is 89.7 cm³/mol.